The highest BCUT2D eigenvalue weighted by molar-refractivity contribution is 5.85. The lowest BCUT2D eigenvalue weighted by Crippen LogP contribution is -2.50. The molecule has 1 fully saturated rings. The van der Waals surface area contributed by atoms with E-state index in [0.717, 1.165) is 25.1 Å². The molecule has 5 nitrogen and oxygen atoms in total. The molecule has 2 rings (SSSR count). The van der Waals surface area contributed by atoms with Gasteiger partial charge in [0.2, 0.25) is 11.8 Å². The molecule has 114 valence electrons. The van der Waals surface area contributed by atoms with E-state index in [2.05, 4.69) is 22.9 Å². The van der Waals surface area contributed by atoms with Crippen LogP contribution in [0.5, 0.6) is 0 Å². The number of benzene rings is 1. The Morgan fingerprint density at radius 3 is 2.71 bits per heavy atom. The molecule has 0 aromatic heterocycles. The first kappa shape index (κ1) is 15.5. The summed E-state index contributed by atoms with van der Waals surface area (Å²) in [6.45, 7) is 4.01. The Labute approximate surface area is 125 Å². The maximum absolute atomic E-state index is 11.9. The number of carbonyl (C=O) groups excluding carboxylic acids is 2. The summed E-state index contributed by atoms with van der Waals surface area (Å²) in [5.74, 6) is 0.174. The van der Waals surface area contributed by atoms with Gasteiger partial charge in [0.25, 0.3) is 0 Å². The number of nitrogens with one attached hydrogen (secondary N) is 3. The van der Waals surface area contributed by atoms with Crippen molar-refractivity contribution in [2.45, 2.75) is 25.8 Å². The molecule has 1 aliphatic heterocycles. The van der Waals surface area contributed by atoms with Gasteiger partial charge in [-0.3, -0.25) is 9.59 Å². The Morgan fingerprint density at radius 1 is 1.24 bits per heavy atom. The highest BCUT2D eigenvalue weighted by Crippen LogP contribution is 2.09. The summed E-state index contributed by atoms with van der Waals surface area (Å²) < 4.78 is 0. The van der Waals surface area contributed by atoms with E-state index >= 15 is 0 Å². The molecule has 2 atom stereocenters. The molecule has 0 radical (unpaired) electrons. The molecule has 1 saturated heterocycles. The van der Waals surface area contributed by atoms with Crippen molar-refractivity contribution in [3.63, 3.8) is 0 Å². The Hall–Kier alpha value is -1.88. The van der Waals surface area contributed by atoms with E-state index in [4.69, 9.17) is 0 Å². The van der Waals surface area contributed by atoms with Gasteiger partial charge in [0.1, 0.15) is 0 Å². The molecule has 2 amide bonds. The van der Waals surface area contributed by atoms with Gasteiger partial charge in [-0.25, -0.2) is 0 Å². The molecule has 0 bridgehead atoms. The number of rotatable bonds is 5. The van der Waals surface area contributed by atoms with Gasteiger partial charge in [0.15, 0.2) is 0 Å². The summed E-state index contributed by atoms with van der Waals surface area (Å²) in [5.41, 5.74) is 0.947. The lowest BCUT2D eigenvalue weighted by Gasteiger charge is -2.30. The SMILES string of the molecule is CC1CNCCC1NC(=O)CNC(=O)Cc1ccccc1. The fourth-order valence-corrected chi connectivity index (χ4v) is 2.51. The average Bonchev–Trinajstić information content (AvgIpc) is 2.49. The molecule has 2 unspecified atom stereocenters. The van der Waals surface area contributed by atoms with Crippen molar-refractivity contribution < 1.29 is 9.59 Å². The van der Waals surface area contributed by atoms with E-state index < -0.39 is 0 Å². The van der Waals surface area contributed by atoms with Gasteiger partial charge in [-0.05, 0) is 31.0 Å². The van der Waals surface area contributed by atoms with Gasteiger partial charge in [0, 0.05) is 6.04 Å². The van der Waals surface area contributed by atoms with Crippen molar-refractivity contribution in [1.29, 1.82) is 0 Å². The van der Waals surface area contributed by atoms with E-state index in [0.29, 0.717) is 12.3 Å². The van der Waals surface area contributed by atoms with E-state index in [1.54, 1.807) is 0 Å². The third kappa shape index (κ3) is 5.19. The molecule has 0 aliphatic carbocycles. The van der Waals surface area contributed by atoms with Crippen LogP contribution in [0.15, 0.2) is 30.3 Å². The van der Waals surface area contributed by atoms with Crippen molar-refractivity contribution >= 4 is 11.8 Å². The monoisotopic (exact) mass is 289 g/mol. The summed E-state index contributed by atoms with van der Waals surface area (Å²) >= 11 is 0. The van der Waals surface area contributed by atoms with Crippen molar-refractivity contribution in [1.82, 2.24) is 16.0 Å². The Kier molecular flexibility index (Phi) is 5.75. The number of hydrogen-bond donors (Lipinski definition) is 3. The maximum atomic E-state index is 11.9. The Balaban J connectivity index is 1.69. The number of piperidine rings is 1. The minimum absolute atomic E-state index is 0.0440. The molecule has 21 heavy (non-hydrogen) atoms. The second-order valence-corrected chi connectivity index (χ2v) is 5.58. The smallest absolute Gasteiger partial charge is 0.239 e. The van der Waals surface area contributed by atoms with Crippen LogP contribution < -0.4 is 16.0 Å². The van der Waals surface area contributed by atoms with Gasteiger partial charge < -0.3 is 16.0 Å². The van der Waals surface area contributed by atoms with E-state index in [-0.39, 0.29) is 24.4 Å². The normalized spacial score (nSPS) is 21.6. The molecule has 0 saturated carbocycles. The van der Waals surface area contributed by atoms with Gasteiger partial charge in [-0.2, -0.15) is 0 Å². The van der Waals surface area contributed by atoms with Crippen molar-refractivity contribution in [3.8, 4) is 0 Å². The van der Waals surface area contributed by atoms with Crippen molar-refractivity contribution in [3.05, 3.63) is 35.9 Å². The van der Waals surface area contributed by atoms with Crippen molar-refractivity contribution in [2.75, 3.05) is 19.6 Å². The van der Waals surface area contributed by atoms with Crippen LogP contribution in [-0.2, 0) is 16.0 Å². The molecule has 1 aliphatic rings. The van der Waals surface area contributed by atoms with Crippen molar-refractivity contribution in [2.24, 2.45) is 5.92 Å². The summed E-state index contributed by atoms with van der Waals surface area (Å²) in [4.78, 5) is 23.6. The van der Waals surface area contributed by atoms with Crippen LogP contribution in [0.2, 0.25) is 0 Å². The first-order chi connectivity index (χ1) is 10.1. The third-order valence-electron chi connectivity index (χ3n) is 3.79. The molecule has 1 aromatic rings. The van der Waals surface area contributed by atoms with E-state index in [1.807, 2.05) is 30.3 Å². The van der Waals surface area contributed by atoms with E-state index in [1.165, 1.54) is 0 Å². The highest BCUT2D eigenvalue weighted by Gasteiger charge is 2.22. The highest BCUT2D eigenvalue weighted by atomic mass is 16.2. The molecular formula is C16H23N3O2. The molecule has 1 heterocycles. The second-order valence-electron chi connectivity index (χ2n) is 5.58. The Bertz CT molecular complexity index is 476. The van der Waals surface area contributed by atoms with Crippen LogP contribution in [0.25, 0.3) is 0 Å². The topological polar surface area (TPSA) is 70.2 Å². The number of carbonyl (C=O) groups is 2. The van der Waals surface area contributed by atoms with Gasteiger partial charge in [0.05, 0.1) is 13.0 Å². The minimum atomic E-state index is -0.130. The zero-order chi connectivity index (χ0) is 15.1. The predicted octanol–water partition coefficient (Wildman–Crippen LogP) is 0.460. The Morgan fingerprint density at radius 2 is 2.00 bits per heavy atom. The summed E-state index contributed by atoms with van der Waals surface area (Å²) in [6, 6.07) is 9.70. The molecule has 0 spiro atoms. The molecule has 1 aromatic carbocycles. The summed E-state index contributed by atoms with van der Waals surface area (Å²) in [5, 5.41) is 8.96. The van der Waals surface area contributed by atoms with Crippen LogP contribution in [-0.4, -0.2) is 37.5 Å². The quantitative estimate of drug-likeness (QED) is 0.737. The van der Waals surface area contributed by atoms with Gasteiger partial charge in [-0.1, -0.05) is 37.3 Å². The number of hydrogen-bond acceptors (Lipinski definition) is 3. The molecule has 3 N–H and O–H groups in total. The van der Waals surface area contributed by atoms with Crippen LogP contribution in [0.4, 0.5) is 0 Å². The predicted molar refractivity (Wildman–Crippen MR) is 81.7 cm³/mol. The van der Waals surface area contributed by atoms with Crippen LogP contribution >= 0.6 is 0 Å². The van der Waals surface area contributed by atoms with Crippen LogP contribution in [0.3, 0.4) is 0 Å². The average molecular weight is 289 g/mol. The fourth-order valence-electron chi connectivity index (χ4n) is 2.51. The molecular weight excluding hydrogens is 266 g/mol. The van der Waals surface area contributed by atoms with Crippen LogP contribution in [0, 0.1) is 5.92 Å². The largest absolute Gasteiger partial charge is 0.351 e. The third-order valence-corrected chi connectivity index (χ3v) is 3.79. The lowest BCUT2D eigenvalue weighted by molar-refractivity contribution is -0.126. The summed E-state index contributed by atoms with van der Waals surface area (Å²) in [6.07, 6.45) is 1.24. The van der Waals surface area contributed by atoms with Gasteiger partial charge in [-0.15, -0.1) is 0 Å². The van der Waals surface area contributed by atoms with E-state index in [9.17, 15) is 9.59 Å². The standard InChI is InChI=1S/C16H23N3O2/c1-12-10-17-8-7-14(12)19-16(21)11-18-15(20)9-13-5-3-2-4-6-13/h2-6,12,14,17H,7-11H2,1H3,(H,18,20)(H,19,21). The maximum Gasteiger partial charge on any atom is 0.239 e. The number of amides is 2. The van der Waals surface area contributed by atoms with Crippen LogP contribution in [0.1, 0.15) is 18.9 Å². The molecule has 5 heteroatoms. The van der Waals surface area contributed by atoms with Gasteiger partial charge >= 0.3 is 0 Å². The lowest BCUT2D eigenvalue weighted by atomic mass is 9.95. The fraction of sp³-hybridized carbons (Fsp3) is 0.500. The minimum Gasteiger partial charge on any atom is -0.351 e. The zero-order valence-electron chi connectivity index (χ0n) is 12.4. The first-order valence-corrected chi connectivity index (χ1v) is 7.46. The zero-order valence-corrected chi connectivity index (χ0v) is 12.4. The summed E-state index contributed by atoms with van der Waals surface area (Å²) in [7, 11) is 0. The first-order valence-electron chi connectivity index (χ1n) is 7.46. The second kappa shape index (κ2) is 7.78.